The lowest BCUT2D eigenvalue weighted by Gasteiger charge is -2.46. The van der Waals surface area contributed by atoms with Gasteiger partial charge < -0.3 is 26.2 Å². The molecule has 2 aromatic rings. The maximum Gasteiger partial charge on any atom is 0.248 e. The first-order valence-electron chi connectivity index (χ1n) is 11.9. The van der Waals surface area contributed by atoms with Crippen molar-refractivity contribution in [3.63, 3.8) is 0 Å². The SMILES string of the molecule is CC(=O)N1c2ccc(C(N)=O)cc2[C@H](Nc2cccc(N3CCNCC3)n2)[C@@H](C)[C@@H]1C1CC1. The lowest BCUT2D eigenvalue weighted by atomic mass is 9.79. The second-order valence-corrected chi connectivity index (χ2v) is 9.45. The van der Waals surface area contributed by atoms with Gasteiger partial charge in [-0.2, -0.15) is 0 Å². The van der Waals surface area contributed by atoms with E-state index in [1.54, 1.807) is 13.0 Å². The summed E-state index contributed by atoms with van der Waals surface area (Å²) in [6.45, 7) is 7.58. The number of hydrogen-bond donors (Lipinski definition) is 3. The Balaban J connectivity index is 1.53. The average Bonchev–Trinajstić information content (AvgIpc) is 3.66. The molecule has 3 aliphatic rings. The molecule has 1 saturated carbocycles. The van der Waals surface area contributed by atoms with E-state index in [1.807, 2.05) is 35.2 Å². The number of nitrogens with two attached hydrogens (primary N) is 1. The second kappa shape index (κ2) is 8.67. The third-order valence-electron chi connectivity index (χ3n) is 7.19. The van der Waals surface area contributed by atoms with Crippen LogP contribution in [-0.4, -0.2) is 49.0 Å². The van der Waals surface area contributed by atoms with E-state index in [1.165, 1.54) is 0 Å². The predicted molar refractivity (Wildman–Crippen MR) is 129 cm³/mol. The average molecular weight is 449 g/mol. The monoisotopic (exact) mass is 448 g/mol. The minimum atomic E-state index is -0.471. The molecule has 3 atom stereocenters. The van der Waals surface area contributed by atoms with E-state index in [-0.39, 0.29) is 23.9 Å². The zero-order chi connectivity index (χ0) is 23.1. The van der Waals surface area contributed by atoms with E-state index < -0.39 is 5.91 Å². The van der Waals surface area contributed by atoms with Crippen LogP contribution < -0.4 is 26.2 Å². The Kier molecular flexibility index (Phi) is 5.70. The number of fused-ring (bicyclic) bond motifs is 1. The van der Waals surface area contributed by atoms with Crippen LogP contribution in [0.5, 0.6) is 0 Å². The zero-order valence-corrected chi connectivity index (χ0v) is 19.3. The van der Waals surface area contributed by atoms with Gasteiger partial charge in [0.2, 0.25) is 11.8 Å². The van der Waals surface area contributed by atoms with Crippen molar-refractivity contribution in [2.75, 3.05) is 41.3 Å². The van der Waals surface area contributed by atoms with E-state index in [9.17, 15) is 9.59 Å². The fourth-order valence-electron chi connectivity index (χ4n) is 5.45. The van der Waals surface area contributed by atoms with Crippen molar-refractivity contribution >= 4 is 29.1 Å². The van der Waals surface area contributed by atoms with Crippen LogP contribution >= 0.6 is 0 Å². The Labute approximate surface area is 194 Å². The van der Waals surface area contributed by atoms with Crippen LogP contribution in [0.25, 0.3) is 0 Å². The number of anilines is 3. The van der Waals surface area contributed by atoms with Crippen LogP contribution in [0.3, 0.4) is 0 Å². The number of carbonyl (C=O) groups is 2. The number of benzene rings is 1. The molecule has 33 heavy (non-hydrogen) atoms. The maximum absolute atomic E-state index is 12.7. The van der Waals surface area contributed by atoms with Gasteiger partial charge in [0.05, 0.1) is 6.04 Å². The normalized spacial score (nSPS) is 24.8. The number of nitrogens with zero attached hydrogens (tertiary/aromatic N) is 3. The summed E-state index contributed by atoms with van der Waals surface area (Å²) in [4.78, 5) is 33.8. The van der Waals surface area contributed by atoms with Gasteiger partial charge in [0, 0.05) is 56.3 Å². The first kappa shape index (κ1) is 21.7. The minimum Gasteiger partial charge on any atom is -0.366 e. The Hall–Kier alpha value is -3.13. The summed E-state index contributed by atoms with van der Waals surface area (Å²) < 4.78 is 0. The molecule has 5 rings (SSSR count). The van der Waals surface area contributed by atoms with Gasteiger partial charge in [0.1, 0.15) is 11.6 Å². The van der Waals surface area contributed by atoms with Crippen molar-refractivity contribution in [1.29, 1.82) is 0 Å². The van der Waals surface area contributed by atoms with Gasteiger partial charge in [-0.05, 0) is 54.7 Å². The third kappa shape index (κ3) is 4.15. The molecule has 1 aromatic carbocycles. The van der Waals surface area contributed by atoms with Crippen LogP contribution in [-0.2, 0) is 4.79 Å². The molecule has 2 amide bonds. The number of pyridine rings is 1. The van der Waals surface area contributed by atoms with Crippen molar-refractivity contribution in [1.82, 2.24) is 10.3 Å². The van der Waals surface area contributed by atoms with Gasteiger partial charge >= 0.3 is 0 Å². The lowest BCUT2D eigenvalue weighted by Crippen LogP contribution is -2.51. The highest BCUT2D eigenvalue weighted by Gasteiger charge is 2.47. The van der Waals surface area contributed by atoms with Crippen LogP contribution in [0.15, 0.2) is 36.4 Å². The molecule has 0 radical (unpaired) electrons. The number of primary amides is 1. The first-order chi connectivity index (χ1) is 15.9. The molecule has 174 valence electrons. The molecule has 8 nitrogen and oxygen atoms in total. The number of rotatable bonds is 5. The number of hydrogen-bond acceptors (Lipinski definition) is 6. The minimum absolute atomic E-state index is 0.0316. The van der Waals surface area contributed by atoms with E-state index in [2.05, 4.69) is 22.5 Å². The molecule has 4 N–H and O–H groups in total. The fraction of sp³-hybridized carbons (Fsp3) is 0.480. The lowest BCUT2D eigenvalue weighted by molar-refractivity contribution is -0.117. The molecule has 1 saturated heterocycles. The molecule has 2 fully saturated rings. The van der Waals surface area contributed by atoms with Crippen molar-refractivity contribution in [2.24, 2.45) is 17.6 Å². The van der Waals surface area contributed by atoms with E-state index in [0.29, 0.717) is 11.5 Å². The van der Waals surface area contributed by atoms with Gasteiger partial charge in [-0.15, -0.1) is 0 Å². The molecule has 0 unspecified atom stereocenters. The largest absolute Gasteiger partial charge is 0.366 e. The zero-order valence-electron chi connectivity index (χ0n) is 19.3. The van der Waals surface area contributed by atoms with Crippen LogP contribution in [0, 0.1) is 11.8 Å². The van der Waals surface area contributed by atoms with Gasteiger partial charge in [0.25, 0.3) is 0 Å². The highest BCUT2D eigenvalue weighted by molar-refractivity contribution is 5.97. The third-order valence-corrected chi connectivity index (χ3v) is 7.19. The van der Waals surface area contributed by atoms with E-state index >= 15 is 0 Å². The number of aromatic nitrogens is 1. The molecule has 1 aromatic heterocycles. The summed E-state index contributed by atoms with van der Waals surface area (Å²) in [6, 6.07) is 11.5. The second-order valence-electron chi connectivity index (χ2n) is 9.45. The standard InChI is InChI=1S/C25H32N6O2/c1-15-23(29-21-4-3-5-22(28-21)30-12-10-27-11-13-30)19-14-18(25(26)33)8-9-20(19)31(16(2)32)24(15)17-6-7-17/h3-5,8-9,14-15,17,23-24,27H,6-7,10-13H2,1-2H3,(H2,26,33)(H,28,29)/t15-,23-,24-/m1/s1. The molecule has 8 heteroatoms. The predicted octanol–water partition coefficient (Wildman–Crippen LogP) is 2.52. The summed E-state index contributed by atoms with van der Waals surface area (Å²) in [6.07, 6.45) is 2.27. The molecule has 1 aliphatic carbocycles. The topological polar surface area (TPSA) is 104 Å². The van der Waals surface area contributed by atoms with Crippen molar-refractivity contribution in [2.45, 2.75) is 38.8 Å². The quantitative estimate of drug-likeness (QED) is 0.650. The molecular weight excluding hydrogens is 416 g/mol. The summed E-state index contributed by atoms with van der Waals surface area (Å²) in [5.74, 6) is 1.95. The first-order valence-corrected chi connectivity index (χ1v) is 11.9. The van der Waals surface area contributed by atoms with Crippen LogP contribution in [0.4, 0.5) is 17.3 Å². The number of nitrogens with one attached hydrogen (secondary N) is 2. The summed E-state index contributed by atoms with van der Waals surface area (Å²) >= 11 is 0. The van der Waals surface area contributed by atoms with Crippen molar-refractivity contribution in [3.8, 4) is 0 Å². The highest BCUT2D eigenvalue weighted by atomic mass is 16.2. The fourth-order valence-corrected chi connectivity index (χ4v) is 5.45. The highest BCUT2D eigenvalue weighted by Crippen LogP contribution is 2.50. The smallest absolute Gasteiger partial charge is 0.248 e. The molecule has 0 spiro atoms. The van der Waals surface area contributed by atoms with Crippen LogP contribution in [0.2, 0.25) is 0 Å². The molecule has 0 bridgehead atoms. The number of amides is 2. The Morgan fingerprint density at radius 1 is 1.15 bits per heavy atom. The Morgan fingerprint density at radius 3 is 2.58 bits per heavy atom. The number of carbonyl (C=O) groups excluding carboxylic acids is 2. The van der Waals surface area contributed by atoms with E-state index in [0.717, 1.165) is 61.9 Å². The summed E-state index contributed by atoms with van der Waals surface area (Å²) in [7, 11) is 0. The molecule has 3 heterocycles. The Bertz CT molecular complexity index is 1060. The van der Waals surface area contributed by atoms with Gasteiger partial charge in [0.15, 0.2) is 0 Å². The summed E-state index contributed by atoms with van der Waals surface area (Å²) in [5, 5.41) is 7.04. The van der Waals surface area contributed by atoms with Crippen molar-refractivity contribution in [3.05, 3.63) is 47.5 Å². The van der Waals surface area contributed by atoms with Gasteiger partial charge in [-0.1, -0.05) is 13.0 Å². The van der Waals surface area contributed by atoms with Crippen molar-refractivity contribution < 1.29 is 9.59 Å². The summed E-state index contributed by atoms with van der Waals surface area (Å²) in [5.41, 5.74) is 7.82. The molecule has 2 aliphatic heterocycles. The van der Waals surface area contributed by atoms with Crippen LogP contribution in [0.1, 0.15) is 48.7 Å². The molecular formula is C25H32N6O2. The van der Waals surface area contributed by atoms with Gasteiger partial charge in [-0.3, -0.25) is 9.59 Å². The van der Waals surface area contributed by atoms with Gasteiger partial charge in [-0.25, -0.2) is 4.98 Å². The maximum atomic E-state index is 12.7. The Morgan fingerprint density at radius 2 is 1.91 bits per heavy atom. The number of piperazine rings is 1. The van der Waals surface area contributed by atoms with E-state index in [4.69, 9.17) is 10.7 Å².